The first-order valence-electron chi connectivity index (χ1n) is 26.1. The third-order valence-electron chi connectivity index (χ3n) is 15.9. The van der Waals surface area contributed by atoms with Gasteiger partial charge in [0.25, 0.3) is 11.8 Å². The number of carbonyl (C=O) groups is 9. The molecule has 9 atom stereocenters. The predicted octanol–water partition coefficient (Wildman–Crippen LogP) is 5.35. The van der Waals surface area contributed by atoms with Gasteiger partial charge in [-0.15, -0.1) is 16.8 Å². The Labute approximate surface area is 457 Å². The van der Waals surface area contributed by atoms with E-state index in [1.165, 1.54) is 54.7 Å². The van der Waals surface area contributed by atoms with Crippen molar-refractivity contribution in [3.05, 3.63) is 46.5 Å². The maximum atomic E-state index is 14.4. The van der Waals surface area contributed by atoms with Gasteiger partial charge in [-0.3, -0.25) is 39.0 Å². The summed E-state index contributed by atoms with van der Waals surface area (Å²) >= 11 is 8.14. The van der Waals surface area contributed by atoms with E-state index in [1.807, 2.05) is 26.8 Å². The van der Waals surface area contributed by atoms with E-state index in [4.69, 9.17) is 40.1 Å². The number of ether oxygens (including phenoxy) is 5. The van der Waals surface area contributed by atoms with E-state index >= 15 is 0 Å². The number of aliphatic hydroxyl groups is 1. The Balaban J connectivity index is 0.990. The van der Waals surface area contributed by atoms with E-state index in [-0.39, 0.29) is 67.8 Å². The van der Waals surface area contributed by atoms with Crippen LogP contribution in [0.25, 0.3) is 0 Å². The van der Waals surface area contributed by atoms with Crippen LogP contribution in [0.15, 0.2) is 35.9 Å². The first-order valence-corrected chi connectivity index (χ1v) is 27.4. The van der Waals surface area contributed by atoms with Crippen LogP contribution in [0.1, 0.15) is 118 Å². The molecule has 1 aromatic carbocycles. The summed E-state index contributed by atoms with van der Waals surface area (Å²) in [5.74, 6) is -4.90. The first kappa shape index (κ1) is 59.1. The van der Waals surface area contributed by atoms with Gasteiger partial charge in [0.2, 0.25) is 23.6 Å². The fourth-order valence-corrected chi connectivity index (χ4v) is 12.6. The number of allylic oxidation sites excluding steroid dienone is 3. The fraction of sp³-hybridized carbons (Fsp3) is 0.648. The van der Waals surface area contributed by atoms with Crippen LogP contribution < -0.4 is 15.0 Å². The number of carbonyl (C=O) groups excluding carboxylic acids is 9. The Kier molecular flexibility index (Phi) is 18.3. The third kappa shape index (κ3) is 13.3. The number of halogens is 1. The van der Waals surface area contributed by atoms with Crippen molar-refractivity contribution in [2.45, 2.75) is 170 Å². The minimum absolute atomic E-state index is 0.00150. The smallest absolute Gasteiger partial charge is 0.409 e. The Hall–Kier alpha value is -5.55. The number of likely N-dealkylation sites (N-methyl/N-ethyl adjacent to an activating group) is 1. The molecule has 1 saturated carbocycles. The zero-order valence-electron chi connectivity index (χ0n) is 45.4. The third-order valence-corrected chi connectivity index (χ3v) is 17.8. The largest absolute Gasteiger partial charge is 0.495 e. The van der Waals surface area contributed by atoms with Crippen molar-refractivity contribution in [1.29, 1.82) is 0 Å². The average molecular weight is 1110 g/mol. The number of hydrogen-bond donors (Lipinski definition) is 2. The molecular weight excluding hydrogens is 1040 g/mol. The van der Waals surface area contributed by atoms with Crippen molar-refractivity contribution in [2.24, 2.45) is 17.8 Å². The van der Waals surface area contributed by atoms with Crippen LogP contribution in [0, 0.1) is 17.8 Å². The summed E-state index contributed by atoms with van der Waals surface area (Å²) in [4.78, 5) is 128. The van der Waals surface area contributed by atoms with Gasteiger partial charge >= 0.3 is 18.0 Å². The first-order chi connectivity index (χ1) is 36.2. The summed E-state index contributed by atoms with van der Waals surface area (Å²) in [5.41, 5.74) is -1.21. The van der Waals surface area contributed by atoms with Gasteiger partial charge in [0.05, 0.1) is 36.5 Å². The molecular formula is C54H72ClN5O16S. The number of likely N-dealkylation sites (tertiary alicyclic amines) is 1. The molecule has 7 rings (SSSR count). The average Bonchev–Trinajstić information content (AvgIpc) is 3.99. The molecule has 23 heteroatoms. The number of esters is 1. The van der Waals surface area contributed by atoms with Crippen LogP contribution in [-0.2, 0) is 68.6 Å². The van der Waals surface area contributed by atoms with Crippen molar-refractivity contribution < 1.29 is 76.8 Å². The Morgan fingerprint density at radius 3 is 2.34 bits per heavy atom. The van der Waals surface area contributed by atoms with E-state index < -0.39 is 112 Å². The van der Waals surface area contributed by atoms with Crippen molar-refractivity contribution in [2.75, 3.05) is 39.8 Å². The summed E-state index contributed by atoms with van der Waals surface area (Å²) in [6, 6.07) is 2.39. The van der Waals surface area contributed by atoms with Crippen LogP contribution in [0.3, 0.4) is 0 Å². The minimum atomic E-state index is -1.89. The second kappa shape index (κ2) is 23.8. The van der Waals surface area contributed by atoms with Crippen LogP contribution in [0.4, 0.5) is 10.5 Å². The van der Waals surface area contributed by atoms with Gasteiger partial charge in [0.1, 0.15) is 40.7 Å². The number of amides is 7. The number of imide groups is 2. The number of thioether (sulfide) groups is 1. The summed E-state index contributed by atoms with van der Waals surface area (Å²) in [6.45, 7) is 10.8. The molecule has 1 aromatic rings. The highest BCUT2D eigenvalue weighted by Crippen LogP contribution is 2.49. The normalized spacial score (nSPS) is 30.5. The maximum Gasteiger partial charge on any atom is 0.409 e. The molecule has 0 radical (unpaired) electrons. The highest BCUT2D eigenvalue weighted by molar-refractivity contribution is 8.02. The minimum Gasteiger partial charge on any atom is -0.495 e. The molecule has 422 valence electrons. The van der Waals surface area contributed by atoms with E-state index in [0.29, 0.717) is 48.6 Å². The molecule has 6 aliphatic rings. The number of benzene rings is 1. The van der Waals surface area contributed by atoms with E-state index in [9.17, 15) is 48.3 Å². The number of fused-ring (bicyclic) bond motifs is 5. The number of methoxy groups -OCH3 is 2. The van der Waals surface area contributed by atoms with Gasteiger partial charge in [-0.2, -0.15) is 0 Å². The van der Waals surface area contributed by atoms with E-state index in [2.05, 4.69) is 5.32 Å². The summed E-state index contributed by atoms with van der Waals surface area (Å²) in [7, 11) is 5.89. The molecule has 2 N–H and O–H groups in total. The van der Waals surface area contributed by atoms with E-state index in [1.54, 1.807) is 45.2 Å². The lowest BCUT2D eigenvalue weighted by atomic mass is 9.82. The SMILES string of the molecule is COc1cc2cc(c1Cl)N(C)C(=O)CC(OC(=O)C(C)N(C)C(=O)CCC(C)(C)SC1CC(=O)N(CC3CCC(C(=O)ON4C(=O)CCC4=O)CC3)C1=O)C1(C)OC1C(C)C1CC(O)(NC(=O)O1)C(OC)C=CC=C(C)C2. The zero-order valence-corrected chi connectivity index (χ0v) is 47.0. The zero-order chi connectivity index (χ0) is 56.5. The second-order valence-corrected chi connectivity index (χ2v) is 24.3. The quantitative estimate of drug-likeness (QED) is 0.135. The van der Waals surface area contributed by atoms with Gasteiger partial charge in [-0.05, 0) is 82.9 Å². The fourth-order valence-electron chi connectivity index (χ4n) is 10.8. The lowest BCUT2D eigenvalue weighted by Gasteiger charge is -2.42. The highest BCUT2D eigenvalue weighted by atomic mass is 35.5. The van der Waals surface area contributed by atoms with E-state index in [0.717, 1.165) is 11.1 Å². The van der Waals surface area contributed by atoms with Gasteiger partial charge in [0, 0.05) is 70.5 Å². The molecule has 7 amide bonds. The van der Waals surface area contributed by atoms with Crippen molar-refractivity contribution in [1.82, 2.24) is 20.2 Å². The highest BCUT2D eigenvalue weighted by Gasteiger charge is 2.64. The number of hydrogen-bond acceptors (Lipinski definition) is 17. The van der Waals surface area contributed by atoms with Crippen LogP contribution >= 0.6 is 23.4 Å². The van der Waals surface area contributed by atoms with Crippen LogP contribution in [0.2, 0.25) is 5.02 Å². The van der Waals surface area contributed by atoms with Gasteiger partial charge in [-0.25, -0.2) is 14.4 Å². The van der Waals surface area contributed by atoms with Gasteiger partial charge < -0.3 is 43.4 Å². The molecule has 4 saturated heterocycles. The predicted molar refractivity (Wildman–Crippen MR) is 280 cm³/mol. The van der Waals surface area contributed by atoms with Gasteiger partial charge in [0.15, 0.2) is 5.72 Å². The van der Waals surface area contributed by atoms with Crippen molar-refractivity contribution >= 4 is 82.5 Å². The van der Waals surface area contributed by atoms with Crippen molar-refractivity contribution in [3.8, 4) is 5.75 Å². The molecule has 77 heavy (non-hydrogen) atoms. The Bertz CT molecular complexity index is 2570. The second-order valence-electron chi connectivity index (χ2n) is 22.0. The monoisotopic (exact) mass is 1110 g/mol. The number of nitrogens with zero attached hydrogens (tertiary/aromatic N) is 4. The number of hydroxylamine groups is 2. The van der Waals surface area contributed by atoms with Crippen LogP contribution in [-0.4, -0.2) is 160 Å². The molecule has 5 heterocycles. The number of rotatable bonds is 14. The Morgan fingerprint density at radius 1 is 1.01 bits per heavy atom. The summed E-state index contributed by atoms with van der Waals surface area (Å²) in [5, 5.41) is 14.4. The molecule has 0 aromatic heterocycles. The lowest BCUT2D eigenvalue weighted by molar-refractivity contribution is -0.201. The summed E-state index contributed by atoms with van der Waals surface area (Å²) < 4.78 is 28.9. The molecule has 4 bridgehead atoms. The van der Waals surface area contributed by atoms with Gasteiger partial charge in [-0.1, -0.05) is 56.2 Å². The molecule has 9 unspecified atom stereocenters. The van der Waals surface area contributed by atoms with Crippen LogP contribution in [0.5, 0.6) is 5.75 Å². The lowest BCUT2D eigenvalue weighted by Crippen LogP contribution is -2.63. The standard InChI is InChI=1S/C54H72ClN5O16S/c1-29-12-11-13-39(72-10)54(70)27-37(73-51(69)56-54)30(2)47-53(6,75-47)40(26-44(64)58(8)35-23-33(22-29)24-36(71-9)46(35)55)74-49(67)31(3)57(7)41(61)20-21-52(4,5)77-38-25-45(65)59(48(38)66)28-32-14-16-34(17-15-32)50(68)76-60-42(62)18-19-43(60)63/h11-13,23-24,30-32,34,37-40,47,70H,14-22,25-28H2,1-10H3,(H,56,69). The molecule has 5 fully saturated rings. The molecule has 5 aliphatic heterocycles. The van der Waals surface area contributed by atoms with Crippen molar-refractivity contribution in [3.63, 3.8) is 0 Å². The number of nitrogens with one attached hydrogen (secondary N) is 1. The number of epoxide rings is 1. The Morgan fingerprint density at radius 2 is 1.69 bits per heavy atom. The number of anilines is 1. The molecule has 1 aliphatic carbocycles. The topological polar surface area (TPSA) is 258 Å². The molecule has 0 spiro atoms. The molecule has 21 nitrogen and oxygen atoms in total. The maximum absolute atomic E-state index is 14.4. The summed E-state index contributed by atoms with van der Waals surface area (Å²) in [6.07, 6.45) is 2.52. The number of alkyl carbamates (subject to hydrolysis) is 1.